The summed E-state index contributed by atoms with van der Waals surface area (Å²) in [5.74, 6) is 0.155. The SMILES string of the molecule is CC(=O)Nc1ncnc(NC(C)CCc2ccc(C)cc2F)n1. The van der Waals surface area contributed by atoms with Gasteiger partial charge < -0.3 is 5.32 Å². The van der Waals surface area contributed by atoms with Crippen molar-refractivity contribution in [2.24, 2.45) is 0 Å². The first-order valence-electron chi connectivity index (χ1n) is 7.42. The summed E-state index contributed by atoms with van der Waals surface area (Å²) in [6, 6.07) is 5.31. The van der Waals surface area contributed by atoms with Crippen LogP contribution in [0.5, 0.6) is 0 Å². The average Bonchev–Trinajstić information content (AvgIpc) is 2.46. The molecule has 2 rings (SSSR count). The van der Waals surface area contributed by atoms with E-state index in [2.05, 4.69) is 25.6 Å². The van der Waals surface area contributed by atoms with E-state index in [1.54, 1.807) is 6.07 Å². The Balaban J connectivity index is 1.91. The molecular weight excluding hydrogens is 297 g/mol. The summed E-state index contributed by atoms with van der Waals surface area (Å²) in [4.78, 5) is 23.0. The minimum Gasteiger partial charge on any atom is -0.352 e. The maximum Gasteiger partial charge on any atom is 0.234 e. The van der Waals surface area contributed by atoms with Crippen LogP contribution in [0.25, 0.3) is 0 Å². The van der Waals surface area contributed by atoms with Crippen molar-refractivity contribution in [2.45, 2.75) is 39.7 Å². The summed E-state index contributed by atoms with van der Waals surface area (Å²) in [5.41, 5.74) is 1.60. The largest absolute Gasteiger partial charge is 0.352 e. The molecule has 23 heavy (non-hydrogen) atoms. The Hall–Kier alpha value is -2.57. The lowest BCUT2D eigenvalue weighted by Gasteiger charge is -2.14. The molecule has 0 aliphatic heterocycles. The zero-order valence-electron chi connectivity index (χ0n) is 13.4. The van der Waals surface area contributed by atoms with Gasteiger partial charge in [-0.05, 0) is 43.9 Å². The molecular formula is C16H20FN5O. The molecule has 0 radical (unpaired) electrons. The number of nitrogens with zero attached hydrogens (tertiary/aromatic N) is 3. The van der Waals surface area contributed by atoms with Crippen LogP contribution in [0.4, 0.5) is 16.3 Å². The first kappa shape index (κ1) is 16.8. The van der Waals surface area contributed by atoms with Crippen LogP contribution in [0.15, 0.2) is 24.5 Å². The molecule has 1 aromatic carbocycles. The number of amides is 1. The van der Waals surface area contributed by atoms with Crippen LogP contribution >= 0.6 is 0 Å². The number of aromatic nitrogens is 3. The molecule has 0 aliphatic rings. The summed E-state index contributed by atoms with van der Waals surface area (Å²) < 4.78 is 13.8. The predicted molar refractivity (Wildman–Crippen MR) is 86.7 cm³/mol. The molecule has 1 heterocycles. The van der Waals surface area contributed by atoms with E-state index in [-0.39, 0.29) is 23.7 Å². The molecule has 0 spiro atoms. The third kappa shape index (κ3) is 5.28. The monoisotopic (exact) mass is 317 g/mol. The first-order chi connectivity index (χ1) is 10.9. The van der Waals surface area contributed by atoms with Crippen LogP contribution in [-0.2, 0) is 11.2 Å². The average molecular weight is 317 g/mol. The molecule has 1 aromatic heterocycles. The Bertz CT molecular complexity index is 692. The fourth-order valence-corrected chi connectivity index (χ4v) is 2.10. The Kier molecular flexibility index (Phi) is 5.56. The molecule has 7 heteroatoms. The Morgan fingerprint density at radius 1 is 1.30 bits per heavy atom. The van der Waals surface area contributed by atoms with Crippen molar-refractivity contribution in [2.75, 3.05) is 10.6 Å². The number of rotatable bonds is 6. The Labute approximate surface area is 134 Å². The number of benzene rings is 1. The van der Waals surface area contributed by atoms with Crippen LogP contribution in [0.3, 0.4) is 0 Å². The number of carbonyl (C=O) groups excluding carboxylic acids is 1. The lowest BCUT2D eigenvalue weighted by atomic mass is 10.0. The van der Waals surface area contributed by atoms with Crippen molar-refractivity contribution in [1.29, 1.82) is 0 Å². The standard InChI is InChI=1S/C16H20FN5O/c1-10-4-6-13(14(17)8-10)7-5-11(2)20-15-18-9-19-16(22-15)21-12(3)23/h4,6,8-9,11H,5,7H2,1-3H3,(H2,18,19,20,21,22,23). The molecule has 0 saturated heterocycles. The third-order valence-electron chi connectivity index (χ3n) is 3.29. The maximum atomic E-state index is 13.8. The van der Waals surface area contributed by atoms with Gasteiger partial charge in [-0.2, -0.15) is 4.98 Å². The minimum atomic E-state index is -0.245. The first-order valence-corrected chi connectivity index (χ1v) is 7.42. The maximum absolute atomic E-state index is 13.8. The highest BCUT2D eigenvalue weighted by Crippen LogP contribution is 2.14. The molecule has 2 N–H and O–H groups in total. The van der Waals surface area contributed by atoms with Gasteiger partial charge in [0.05, 0.1) is 0 Å². The molecule has 1 unspecified atom stereocenters. The number of hydrogen-bond acceptors (Lipinski definition) is 5. The number of nitrogens with one attached hydrogen (secondary N) is 2. The molecule has 1 atom stereocenters. The lowest BCUT2D eigenvalue weighted by molar-refractivity contribution is -0.114. The lowest BCUT2D eigenvalue weighted by Crippen LogP contribution is -2.19. The van der Waals surface area contributed by atoms with Crippen LogP contribution in [0.2, 0.25) is 0 Å². The van der Waals surface area contributed by atoms with Crippen molar-refractivity contribution in [3.63, 3.8) is 0 Å². The predicted octanol–water partition coefficient (Wildman–Crippen LogP) is 2.71. The smallest absolute Gasteiger partial charge is 0.234 e. The zero-order chi connectivity index (χ0) is 16.8. The van der Waals surface area contributed by atoms with E-state index in [0.29, 0.717) is 17.9 Å². The Morgan fingerprint density at radius 3 is 2.74 bits per heavy atom. The van der Waals surface area contributed by atoms with E-state index in [1.807, 2.05) is 26.0 Å². The van der Waals surface area contributed by atoms with Gasteiger partial charge in [-0.1, -0.05) is 12.1 Å². The second-order valence-electron chi connectivity index (χ2n) is 5.49. The number of anilines is 2. The fourth-order valence-electron chi connectivity index (χ4n) is 2.10. The van der Waals surface area contributed by atoms with Crippen molar-refractivity contribution in [1.82, 2.24) is 15.0 Å². The van der Waals surface area contributed by atoms with Crippen LogP contribution in [0.1, 0.15) is 31.4 Å². The van der Waals surface area contributed by atoms with Gasteiger partial charge in [0.1, 0.15) is 12.1 Å². The van der Waals surface area contributed by atoms with E-state index in [4.69, 9.17) is 0 Å². The van der Waals surface area contributed by atoms with Crippen LogP contribution < -0.4 is 10.6 Å². The van der Waals surface area contributed by atoms with E-state index in [1.165, 1.54) is 13.3 Å². The molecule has 2 aromatic rings. The Morgan fingerprint density at radius 2 is 2.04 bits per heavy atom. The second-order valence-corrected chi connectivity index (χ2v) is 5.49. The summed E-state index contributed by atoms with van der Waals surface area (Å²) in [6.45, 7) is 5.22. The molecule has 0 aliphatic carbocycles. The van der Waals surface area contributed by atoms with Crippen molar-refractivity contribution in [3.8, 4) is 0 Å². The number of halogens is 1. The van der Waals surface area contributed by atoms with Gasteiger partial charge in [0.25, 0.3) is 0 Å². The van der Waals surface area contributed by atoms with E-state index >= 15 is 0 Å². The van der Waals surface area contributed by atoms with Gasteiger partial charge in [-0.3, -0.25) is 10.1 Å². The highest BCUT2D eigenvalue weighted by Gasteiger charge is 2.09. The zero-order valence-corrected chi connectivity index (χ0v) is 13.4. The number of carbonyl (C=O) groups is 1. The normalized spacial score (nSPS) is 11.8. The summed E-state index contributed by atoms with van der Waals surface area (Å²) in [6.07, 6.45) is 2.66. The number of hydrogen-bond donors (Lipinski definition) is 2. The number of aryl methyl sites for hydroxylation is 2. The van der Waals surface area contributed by atoms with Crippen molar-refractivity contribution < 1.29 is 9.18 Å². The molecule has 0 fully saturated rings. The fraction of sp³-hybridized carbons (Fsp3) is 0.375. The van der Waals surface area contributed by atoms with Crippen molar-refractivity contribution >= 4 is 17.8 Å². The van der Waals surface area contributed by atoms with Crippen LogP contribution in [0, 0.1) is 12.7 Å². The van der Waals surface area contributed by atoms with Gasteiger partial charge >= 0.3 is 0 Å². The molecule has 0 saturated carbocycles. The van der Waals surface area contributed by atoms with Gasteiger partial charge in [-0.15, -0.1) is 0 Å². The summed E-state index contributed by atoms with van der Waals surface area (Å²) in [5, 5.41) is 5.62. The molecule has 1 amide bonds. The third-order valence-corrected chi connectivity index (χ3v) is 3.29. The van der Waals surface area contributed by atoms with E-state index in [9.17, 15) is 9.18 Å². The topological polar surface area (TPSA) is 79.8 Å². The summed E-state index contributed by atoms with van der Waals surface area (Å²) in [7, 11) is 0. The van der Waals surface area contributed by atoms with Crippen molar-refractivity contribution in [3.05, 3.63) is 41.5 Å². The van der Waals surface area contributed by atoms with Gasteiger partial charge in [0.15, 0.2) is 0 Å². The van der Waals surface area contributed by atoms with Gasteiger partial charge in [0.2, 0.25) is 17.8 Å². The second kappa shape index (κ2) is 7.62. The highest BCUT2D eigenvalue weighted by molar-refractivity contribution is 5.86. The molecule has 0 bridgehead atoms. The highest BCUT2D eigenvalue weighted by atomic mass is 19.1. The molecule has 122 valence electrons. The summed E-state index contributed by atoms with van der Waals surface area (Å²) >= 11 is 0. The molecule has 6 nitrogen and oxygen atoms in total. The van der Waals surface area contributed by atoms with Gasteiger partial charge in [-0.25, -0.2) is 14.4 Å². The van der Waals surface area contributed by atoms with Gasteiger partial charge in [0, 0.05) is 13.0 Å². The van der Waals surface area contributed by atoms with Crippen LogP contribution in [-0.4, -0.2) is 26.9 Å². The van der Waals surface area contributed by atoms with E-state index in [0.717, 1.165) is 12.0 Å². The quantitative estimate of drug-likeness (QED) is 0.856. The van der Waals surface area contributed by atoms with E-state index < -0.39 is 0 Å². The minimum absolute atomic E-state index is 0.0447.